The normalized spacial score (nSPS) is 26.5. The van der Waals surface area contributed by atoms with Crippen LogP contribution in [0.1, 0.15) is 25.7 Å². The van der Waals surface area contributed by atoms with Gasteiger partial charge in [0, 0.05) is 7.05 Å². The van der Waals surface area contributed by atoms with Gasteiger partial charge in [0.1, 0.15) is 0 Å². The SMILES string of the molecule is C=C1CCCC1CC=NC. The highest BCUT2D eigenvalue weighted by Gasteiger charge is 2.17. The van der Waals surface area contributed by atoms with Crippen LogP contribution in [0.2, 0.25) is 0 Å². The molecule has 0 bridgehead atoms. The average molecular weight is 137 g/mol. The highest BCUT2D eigenvalue weighted by molar-refractivity contribution is 5.58. The van der Waals surface area contributed by atoms with Crippen molar-refractivity contribution >= 4 is 6.21 Å². The van der Waals surface area contributed by atoms with Gasteiger partial charge >= 0.3 is 0 Å². The molecule has 56 valence electrons. The molecule has 1 nitrogen and oxygen atoms in total. The van der Waals surface area contributed by atoms with Gasteiger partial charge in [0.15, 0.2) is 0 Å². The molecule has 1 atom stereocenters. The van der Waals surface area contributed by atoms with E-state index in [1.807, 2.05) is 13.3 Å². The van der Waals surface area contributed by atoms with Gasteiger partial charge in [-0.25, -0.2) is 0 Å². The maximum atomic E-state index is 4.03. The Morgan fingerprint density at radius 2 is 2.60 bits per heavy atom. The minimum Gasteiger partial charge on any atom is -0.301 e. The van der Waals surface area contributed by atoms with Crippen LogP contribution >= 0.6 is 0 Å². The van der Waals surface area contributed by atoms with Crippen molar-refractivity contribution in [1.29, 1.82) is 0 Å². The van der Waals surface area contributed by atoms with E-state index in [9.17, 15) is 0 Å². The fourth-order valence-corrected chi connectivity index (χ4v) is 1.50. The first kappa shape index (κ1) is 7.52. The van der Waals surface area contributed by atoms with Crippen molar-refractivity contribution in [3.05, 3.63) is 12.2 Å². The molecule has 1 aliphatic rings. The lowest BCUT2D eigenvalue weighted by Gasteiger charge is -2.05. The van der Waals surface area contributed by atoms with Gasteiger partial charge in [-0.2, -0.15) is 0 Å². The van der Waals surface area contributed by atoms with Crippen molar-refractivity contribution in [3.63, 3.8) is 0 Å². The molecule has 0 spiro atoms. The molecule has 1 aliphatic carbocycles. The van der Waals surface area contributed by atoms with E-state index >= 15 is 0 Å². The lowest BCUT2D eigenvalue weighted by Crippen LogP contribution is -1.95. The van der Waals surface area contributed by atoms with Crippen LogP contribution in [0.4, 0.5) is 0 Å². The zero-order valence-corrected chi connectivity index (χ0v) is 6.64. The Morgan fingerprint density at radius 3 is 3.10 bits per heavy atom. The lowest BCUT2D eigenvalue weighted by atomic mass is 10.0. The first-order chi connectivity index (χ1) is 4.84. The molecule has 0 N–H and O–H groups in total. The van der Waals surface area contributed by atoms with E-state index in [1.54, 1.807) is 0 Å². The monoisotopic (exact) mass is 137 g/mol. The molecule has 0 aliphatic heterocycles. The average Bonchev–Trinajstić information content (AvgIpc) is 2.31. The summed E-state index contributed by atoms with van der Waals surface area (Å²) in [5.74, 6) is 0.740. The molecule has 0 amide bonds. The molecule has 1 saturated carbocycles. The number of hydrogen-bond acceptors (Lipinski definition) is 1. The van der Waals surface area contributed by atoms with Crippen molar-refractivity contribution in [1.82, 2.24) is 0 Å². The molecule has 1 unspecified atom stereocenters. The Morgan fingerprint density at radius 1 is 1.80 bits per heavy atom. The number of nitrogens with zero attached hydrogens (tertiary/aromatic N) is 1. The van der Waals surface area contributed by atoms with Crippen LogP contribution in [0.15, 0.2) is 17.1 Å². The minimum atomic E-state index is 0.740. The maximum absolute atomic E-state index is 4.03. The zero-order valence-electron chi connectivity index (χ0n) is 6.64. The molecule has 0 aromatic carbocycles. The van der Waals surface area contributed by atoms with Gasteiger partial charge in [-0.1, -0.05) is 12.2 Å². The Balaban J connectivity index is 2.33. The van der Waals surface area contributed by atoms with Crippen LogP contribution in [-0.4, -0.2) is 13.3 Å². The van der Waals surface area contributed by atoms with E-state index in [0.29, 0.717) is 0 Å². The molecular formula is C9H15N. The van der Waals surface area contributed by atoms with Gasteiger partial charge < -0.3 is 4.99 Å². The van der Waals surface area contributed by atoms with E-state index < -0.39 is 0 Å². The topological polar surface area (TPSA) is 12.4 Å². The molecule has 0 radical (unpaired) electrons. The standard InChI is InChI=1S/C9H15N/c1-8-4-3-5-9(8)6-7-10-2/h7,9H,1,3-6H2,2H3. The van der Waals surface area contributed by atoms with Gasteiger partial charge in [0.25, 0.3) is 0 Å². The molecule has 1 rings (SSSR count). The molecular weight excluding hydrogens is 122 g/mol. The molecule has 10 heavy (non-hydrogen) atoms. The van der Waals surface area contributed by atoms with Crippen LogP contribution in [0.25, 0.3) is 0 Å². The van der Waals surface area contributed by atoms with E-state index in [1.165, 1.54) is 24.8 Å². The second-order valence-electron chi connectivity index (χ2n) is 2.92. The third kappa shape index (κ3) is 1.69. The summed E-state index contributed by atoms with van der Waals surface area (Å²) in [5, 5.41) is 0. The third-order valence-electron chi connectivity index (χ3n) is 2.20. The second kappa shape index (κ2) is 3.55. The fraction of sp³-hybridized carbons (Fsp3) is 0.667. The van der Waals surface area contributed by atoms with Crippen LogP contribution in [-0.2, 0) is 0 Å². The summed E-state index contributed by atoms with van der Waals surface area (Å²) in [6.45, 7) is 4.03. The predicted octanol–water partition coefficient (Wildman–Crippen LogP) is 2.43. The Labute approximate surface area is 62.9 Å². The summed E-state index contributed by atoms with van der Waals surface area (Å²) in [6.07, 6.45) is 7.00. The molecule has 1 fully saturated rings. The van der Waals surface area contributed by atoms with E-state index in [0.717, 1.165) is 12.3 Å². The molecule has 1 heteroatoms. The van der Waals surface area contributed by atoms with Gasteiger partial charge in [-0.15, -0.1) is 0 Å². The largest absolute Gasteiger partial charge is 0.301 e. The Kier molecular flexibility index (Phi) is 2.67. The lowest BCUT2D eigenvalue weighted by molar-refractivity contribution is 0.661. The van der Waals surface area contributed by atoms with Crippen LogP contribution in [0, 0.1) is 5.92 Å². The second-order valence-corrected chi connectivity index (χ2v) is 2.92. The third-order valence-corrected chi connectivity index (χ3v) is 2.20. The smallest absolute Gasteiger partial charge is 0.0273 e. The summed E-state index contributed by atoms with van der Waals surface area (Å²) in [4.78, 5) is 3.97. The van der Waals surface area contributed by atoms with Crippen LogP contribution in [0.3, 0.4) is 0 Å². The van der Waals surface area contributed by atoms with Crippen LogP contribution < -0.4 is 0 Å². The van der Waals surface area contributed by atoms with Gasteiger partial charge in [-0.05, 0) is 37.8 Å². The number of hydrogen-bond donors (Lipinski definition) is 0. The van der Waals surface area contributed by atoms with Crippen molar-refractivity contribution < 1.29 is 0 Å². The van der Waals surface area contributed by atoms with Crippen molar-refractivity contribution in [2.45, 2.75) is 25.7 Å². The fourth-order valence-electron chi connectivity index (χ4n) is 1.50. The Bertz CT molecular complexity index is 147. The molecule has 0 aromatic heterocycles. The summed E-state index contributed by atoms with van der Waals surface area (Å²) in [6, 6.07) is 0. The summed E-state index contributed by atoms with van der Waals surface area (Å²) < 4.78 is 0. The molecule has 0 heterocycles. The van der Waals surface area contributed by atoms with Gasteiger partial charge in [0.05, 0.1) is 0 Å². The van der Waals surface area contributed by atoms with E-state index in [2.05, 4.69) is 11.6 Å². The van der Waals surface area contributed by atoms with Gasteiger partial charge in [0.2, 0.25) is 0 Å². The number of rotatable bonds is 2. The van der Waals surface area contributed by atoms with E-state index in [-0.39, 0.29) is 0 Å². The van der Waals surface area contributed by atoms with E-state index in [4.69, 9.17) is 0 Å². The minimum absolute atomic E-state index is 0.740. The summed E-state index contributed by atoms with van der Waals surface area (Å²) >= 11 is 0. The summed E-state index contributed by atoms with van der Waals surface area (Å²) in [5.41, 5.74) is 1.43. The molecule has 0 aromatic rings. The highest BCUT2D eigenvalue weighted by Crippen LogP contribution is 2.31. The van der Waals surface area contributed by atoms with Crippen molar-refractivity contribution in [2.24, 2.45) is 10.9 Å². The Hall–Kier alpha value is -0.590. The van der Waals surface area contributed by atoms with Crippen LogP contribution in [0.5, 0.6) is 0 Å². The first-order valence-electron chi connectivity index (χ1n) is 3.93. The van der Waals surface area contributed by atoms with Crippen molar-refractivity contribution in [3.8, 4) is 0 Å². The van der Waals surface area contributed by atoms with Gasteiger partial charge in [-0.3, -0.25) is 0 Å². The number of allylic oxidation sites excluding steroid dienone is 1. The molecule has 0 saturated heterocycles. The predicted molar refractivity (Wildman–Crippen MR) is 45.5 cm³/mol. The quantitative estimate of drug-likeness (QED) is 0.409. The maximum Gasteiger partial charge on any atom is 0.0273 e. The first-order valence-corrected chi connectivity index (χ1v) is 3.93. The highest BCUT2D eigenvalue weighted by atomic mass is 14.6. The van der Waals surface area contributed by atoms with Crippen molar-refractivity contribution in [2.75, 3.05) is 7.05 Å². The number of aliphatic imine (C=N–C) groups is 1. The summed E-state index contributed by atoms with van der Waals surface area (Å²) in [7, 11) is 1.83. The zero-order chi connectivity index (χ0) is 7.40.